The summed E-state index contributed by atoms with van der Waals surface area (Å²) < 4.78 is 5.08. The van der Waals surface area contributed by atoms with Gasteiger partial charge in [-0.25, -0.2) is 4.79 Å². The predicted molar refractivity (Wildman–Crippen MR) is 86.5 cm³/mol. The Labute approximate surface area is 132 Å². The molecular formula is C14H13Cl2N3O2. The zero-order chi connectivity index (χ0) is 15.4. The molecule has 0 atom stereocenters. The normalized spacial score (nSPS) is 10.0. The summed E-state index contributed by atoms with van der Waals surface area (Å²) >= 11 is 11.7. The molecule has 7 heteroatoms. The van der Waals surface area contributed by atoms with Crippen molar-refractivity contribution < 1.29 is 9.53 Å². The van der Waals surface area contributed by atoms with Gasteiger partial charge in [-0.2, -0.15) is 0 Å². The van der Waals surface area contributed by atoms with E-state index in [0.717, 1.165) is 0 Å². The molecule has 0 aliphatic heterocycles. The number of hydrogen-bond donors (Lipinski definition) is 3. The summed E-state index contributed by atoms with van der Waals surface area (Å²) in [6.07, 6.45) is 0. The fraction of sp³-hybridized carbons (Fsp3) is 0.0714. The molecule has 0 bridgehead atoms. The van der Waals surface area contributed by atoms with Crippen LogP contribution in [0.3, 0.4) is 0 Å². The molecule has 5 nitrogen and oxygen atoms in total. The molecule has 0 unspecified atom stereocenters. The van der Waals surface area contributed by atoms with Crippen LogP contribution in [0.25, 0.3) is 0 Å². The van der Waals surface area contributed by atoms with Crippen LogP contribution >= 0.6 is 23.2 Å². The van der Waals surface area contributed by atoms with Crippen LogP contribution in [-0.4, -0.2) is 13.1 Å². The highest BCUT2D eigenvalue weighted by Crippen LogP contribution is 2.25. The van der Waals surface area contributed by atoms with Crippen molar-refractivity contribution in [3.05, 3.63) is 46.4 Å². The molecule has 2 aromatic rings. The smallest absolute Gasteiger partial charge is 0.323 e. The van der Waals surface area contributed by atoms with Gasteiger partial charge in [0.2, 0.25) is 0 Å². The molecule has 0 aliphatic rings. The van der Waals surface area contributed by atoms with Gasteiger partial charge in [0.05, 0.1) is 18.5 Å². The summed E-state index contributed by atoms with van der Waals surface area (Å²) in [6.45, 7) is 0. The molecular weight excluding hydrogens is 313 g/mol. The third-order valence-electron chi connectivity index (χ3n) is 2.63. The highest BCUT2D eigenvalue weighted by molar-refractivity contribution is 6.35. The zero-order valence-electron chi connectivity index (χ0n) is 11.1. The van der Waals surface area contributed by atoms with Gasteiger partial charge in [0.15, 0.2) is 0 Å². The van der Waals surface area contributed by atoms with E-state index in [0.29, 0.717) is 32.9 Å². The second-order valence-electron chi connectivity index (χ2n) is 4.19. The summed E-state index contributed by atoms with van der Waals surface area (Å²) in [5.74, 6) is 0.588. The van der Waals surface area contributed by atoms with Gasteiger partial charge >= 0.3 is 6.03 Å². The van der Waals surface area contributed by atoms with Crippen LogP contribution in [0.1, 0.15) is 0 Å². The highest BCUT2D eigenvalue weighted by Gasteiger charge is 2.08. The number of anilines is 3. The van der Waals surface area contributed by atoms with Gasteiger partial charge in [-0.05, 0) is 30.3 Å². The number of carbonyl (C=O) groups is 1. The largest absolute Gasteiger partial charge is 0.497 e. The molecule has 2 aromatic carbocycles. The summed E-state index contributed by atoms with van der Waals surface area (Å²) in [7, 11) is 1.53. The molecule has 0 saturated heterocycles. The topological polar surface area (TPSA) is 76.4 Å². The number of ether oxygens (including phenoxy) is 1. The van der Waals surface area contributed by atoms with Gasteiger partial charge in [-0.15, -0.1) is 0 Å². The lowest BCUT2D eigenvalue weighted by Crippen LogP contribution is -2.20. The Morgan fingerprint density at radius 3 is 2.38 bits per heavy atom. The van der Waals surface area contributed by atoms with Crippen LogP contribution in [0, 0.1) is 0 Å². The van der Waals surface area contributed by atoms with Gasteiger partial charge in [0, 0.05) is 21.8 Å². The number of nitrogens with one attached hydrogen (secondary N) is 2. The Morgan fingerprint density at radius 1 is 1.10 bits per heavy atom. The van der Waals surface area contributed by atoms with Crippen LogP contribution in [0.2, 0.25) is 10.0 Å². The number of halogens is 2. The maximum Gasteiger partial charge on any atom is 0.323 e. The van der Waals surface area contributed by atoms with Gasteiger partial charge < -0.3 is 21.1 Å². The molecule has 21 heavy (non-hydrogen) atoms. The number of nitrogens with two attached hydrogens (primary N) is 1. The third-order valence-corrected chi connectivity index (χ3v) is 3.07. The van der Waals surface area contributed by atoms with E-state index in [2.05, 4.69) is 10.6 Å². The first-order valence-electron chi connectivity index (χ1n) is 5.95. The number of amides is 2. The SMILES string of the molecule is COc1ccc(N)c(NC(=O)Nc2cc(Cl)cc(Cl)c2)c1. The van der Waals surface area contributed by atoms with Crippen molar-refractivity contribution in [2.24, 2.45) is 0 Å². The third kappa shape index (κ3) is 4.18. The Kier molecular flexibility index (Phi) is 4.77. The Balaban J connectivity index is 2.11. The summed E-state index contributed by atoms with van der Waals surface area (Å²) in [4.78, 5) is 12.0. The first-order valence-corrected chi connectivity index (χ1v) is 6.71. The monoisotopic (exact) mass is 325 g/mol. The van der Waals surface area contributed by atoms with Crippen LogP contribution in [0.5, 0.6) is 5.75 Å². The number of benzene rings is 2. The minimum atomic E-state index is -0.465. The molecule has 0 radical (unpaired) electrons. The van der Waals surface area contributed by atoms with E-state index >= 15 is 0 Å². The minimum absolute atomic E-state index is 0.426. The van der Waals surface area contributed by atoms with Gasteiger partial charge in [0.25, 0.3) is 0 Å². The van der Waals surface area contributed by atoms with Crippen molar-refractivity contribution in [2.45, 2.75) is 0 Å². The standard InChI is InChI=1S/C14H13Cl2N3O2/c1-21-11-2-3-12(17)13(7-11)19-14(20)18-10-5-8(15)4-9(16)6-10/h2-7H,17H2,1H3,(H2,18,19,20). The molecule has 2 rings (SSSR count). The van der Waals surface area contributed by atoms with Crippen molar-refractivity contribution in [3.63, 3.8) is 0 Å². The molecule has 0 aliphatic carbocycles. The van der Waals surface area contributed by atoms with E-state index in [1.807, 2.05) is 0 Å². The molecule has 2 amide bonds. The van der Waals surface area contributed by atoms with Crippen molar-refractivity contribution in [3.8, 4) is 5.75 Å². The molecule has 0 saturated carbocycles. The fourth-order valence-electron chi connectivity index (χ4n) is 1.68. The Morgan fingerprint density at radius 2 is 1.76 bits per heavy atom. The first-order chi connectivity index (χ1) is 9.97. The number of hydrogen-bond acceptors (Lipinski definition) is 3. The quantitative estimate of drug-likeness (QED) is 0.739. The van der Waals surface area contributed by atoms with Gasteiger partial charge in [0.1, 0.15) is 5.75 Å². The van der Waals surface area contributed by atoms with Crippen molar-refractivity contribution in [1.29, 1.82) is 0 Å². The molecule has 4 N–H and O–H groups in total. The van der Waals surface area contributed by atoms with E-state index < -0.39 is 6.03 Å². The number of nitrogen functional groups attached to an aromatic ring is 1. The lowest BCUT2D eigenvalue weighted by molar-refractivity contribution is 0.262. The Bertz CT molecular complexity index is 657. The van der Waals surface area contributed by atoms with E-state index in [1.165, 1.54) is 7.11 Å². The van der Waals surface area contributed by atoms with E-state index in [-0.39, 0.29) is 0 Å². The second kappa shape index (κ2) is 6.56. The lowest BCUT2D eigenvalue weighted by atomic mass is 10.2. The van der Waals surface area contributed by atoms with Crippen molar-refractivity contribution in [2.75, 3.05) is 23.5 Å². The highest BCUT2D eigenvalue weighted by atomic mass is 35.5. The molecule has 110 valence electrons. The molecule has 0 fully saturated rings. The predicted octanol–water partition coefficient (Wildman–Crippen LogP) is 4.23. The van der Waals surface area contributed by atoms with E-state index in [9.17, 15) is 4.79 Å². The summed E-state index contributed by atoms with van der Waals surface area (Å²) in [6, 6.07) is 9.25. The number of methoxy groups -OCH3 is 1. The maximum absolute atomic E-state index is 12.0. The minimum Gasteiger partial charge on any atom is -0.497 e. The van der Waals surface area contributed by atoms with Crippen LogP contribution in [0.4, 0.5) is 21.9 Å². The van der Waals surface area contributed by atoms with Crippen LogP contribution < -0.4 is 21.1 Å². The number of carbonyl (C=O) groups excluding carboxylic acids is 1. The average Bonchev–Trinajstić information content (AvgIpc) is 2.40. The number of urea groups is 1. The maximum atomic E-state index is 12.0. The number of rotatable bonds is 3. The molecule has 0 aromatic heterocycles. The van der Waals surface area contributed by atoms with Crippen molar-refractivity contribution in [1.82, 2.24) is 0 Å². The molecule has 0 spiro atoms. The van der Waals surface area contributed by atoms with E-state index in [4.69, 9.17) is 33.7 Å². The summed E-state index contributed by atoms with van der Waals surface area (Å²) in [5, 5.41) is 6.11. The van der Waals surface area contributed by atoms with E-state index in [1.54, 1.807) is 36.4 Å². The lowest BCUT2D eigenvalue weighted by Gasteiger charge is -2.11. The molecule has 0 heterocycles. The van der Waals surface area contributed by atoms with Gasteiger partial charge in [-0.1, -0.05) is 23.2 Å². The van der Waals surface area contributed by atoms with Crippen molar-refractivity contribution >= 4 is 46.3 Å². The first kappa shape index (κ1) is 15.3. The average molecular weight is 326 g/mol. The van der Waals surface area contributed by atoms with Gasteiger partial charge in [-0.3, -0.25) is 0 Å². The van der Waals surface area contributed by atoms with Crippen LogP contribution in [0.15, 0.2) is 36.4 Å². The summed E-state index contributed by atoms with van der Waals surface area (Å²) in [5.41, 5.74) is 7.14. The zero-order valence-corrected chi connectivity index (χ0v) is 12.6. The van der Waals surface area contributed by atoms with Crippen LogP contribution in [-0.2, 0) is 0 Å². The second-order valence-corrected chi connectivity index (χ2v) is 5.06. The fourth-order valence-corrected chi connectivity index (χ4v) is 2.21. The Hall–Kier alpha value is -2.11.